The van der Waals surface area contributed by atoms with Crippen molar-refractivity contribution >= 4 is 9.84 Å². The summed E-state index contributed by atoms with van der Waals surface area (Å²) in [6, 6.07) is 0. The van der Waals surface area contributed by atoms with Gasteiger partial charge in [-0.1, -0.05) is 0 Å². The number of sulfone groups is 1. The predicted molar refractivity (Wildman–Crippen MR) is 66.0 cm³/mol. The van der Waals surface area contributed by atoms with Gasteiger partial charge in [0.05, 0.1) is 31.3 Å². The summed E-state index contributed by atoms with van der Waals surface area (Å²) < 4.78 is 28.8. The first-order chi connectivity index (χ1) is 8.01. The molecule has 1 aromatic rings. The third-order valence-corrected chi connectivity index (χ3v) is 3.03. The molecule has 0 aliphatic rings. The SMILES string of the molecule is CCOc1cnn(CCNCCS(C)(=O)=O)c1. The van der Waals surface area contributed by atoms with Gasteiger partial charge in [-0.25, -0.2) is 8.42 Å². The number of nitrogens with one attached hydrogen (secondary N) is 1. The molecule has 98 valence electrons. The van der Waals surface area contributed by atoms with Crippen molar-refractivity contribution in [3.8, 4) is 5.75 Å². The molecule has 6 nitrogen and oxygen atoms in total. The fraction of sp³-hybridized carbons (Fsp3) is 0.700. The zero-order valence-electron chi connectivity index (χ0n) is 10.2. The van der Waals surface area contributed by atoms with E-state index in [0.717, 1.165) is 5.75 Å². The lowest BCUT2D eigenvalue weighted by Gasteiger charge is -2.03. The molecule has 0 bridgehead atoms. The molecule has 0 fully saturated rings. The van der Waals surface area contributed by atoms with Gasteiger partial charge in [0.15, 0.2) is 5.75 Å². The van der Waals surface area contributed by atoms with Gasteiger partial charge >= 0.3 is 0 Å². The molecule has 0 atom stereocenters. The van der Waals surface area contributed by atoms with Crippen molar-refractivity contribution in [2.75, 3.05) is 31.7 Å². The minimum absolute atomic E-state index is 0.163. The van der Waals surface area contributed by atoms with E-state index in [2.05, 4.69) is 10.4 Å². The second-order valence-corrected chi connectivity index (χ2v) is 6.01. The van der Waals surface area contributed by atoms with Gasteiger partial charge in [0.1, 0.15) is 9.84 Å². The number of rotatable bonds is 8. The molecular formula is C10H19N3O3S. The van der Waals surface area contributed by atoms with Gasteiger partial charge in [-0.2, -0.15) is 5.10 Å². The Balaban J connectivity index is 2.17. The number of aromatic nitrogens is 2. The summed E-state index contributed by atoms with van der Waals surface area (Å²) in [6.07, 6.45) is 4.72. The van der Waals surface area contributed by atoms with Crippen LogP contribution in [0.15, 0.2) is 12.4 Å². The van der Waals surface area contributed by atoms with Gasteiger partial charge in [0, 0.05) is 19.3 Å². The zero-order valence-corrected chi connectivity index (χ0v) is 11.0. The Kier molecular flexibility index (Phi) is 5.43. The van der Waals surface area contributed by atoms with E-state index in [1.165, 1.54) is 6.26 Å². The highest BCUT2D eigenvalue weighted by Gasteiger charge is 2.01. The molecule has 17 heavy (non-hydrogen) atoms. The molecular weight excluding hydrogens is 242 g/mol. The van der Waals surface area contributed by atoms with E-state index in [1.54, 1.807) is 10.9 Å². The van der Waals surface area contributed by atoms with Gasteiger partial charge in [-0.3, -0.25) is 4.68 Å². The van der Waals surface area contributed by atoms with Crippen LogP contribution >= 0.6 is 0 Å². The highest BCUT2D eigenvalue weighted by molar-refractivity contribution is 7.90. The van der Waals surface area contributed by atoms with Gasteiger partial charge in [-0.05, 0) is 6.92 Å². The van der Waals surface area contributed by atoms with Crippen LogP contribution in [0.2, 0.25) is 0 Å². The molecule has 1 rings (SSSR count). The van der Waals surface area contributed by atoms with Crippen molar-refractivity contribution in [2.45, 2.75) is 13.5 Å². The Bertz CT molecular complexity index is 428. The van der Waals surface area contributed by atoms with Crippen molar-refractivity contribution in [3.63, 3.8) is 0 Å². The number of hydrogen-bond acceptors (Lipinski definition) is 5. The summed E-state index contributed by atoms with van der Waals surface area (Å²) in [6.45, 7) is 4.39. The monoisotopic (exact) mass is 261 g/mol. The van der Waals surface area contributed by atoms with Crippen molar-refractivity contribution in [2.24, 2.45) is 0 Å². The number of nitrogens with zero attached hydrogens (tertiary/aromatic N) is 2. The third-order valence-electron chi connectivity index (χ3n) is 2.09. The lowest BCUT2D eigenvalue weighted by molar-refractivity contribution is 0.339. The van der Waals surface area contributed by atoms with Crippen molar-refractivity contribution in [1.29, 1.82) is 0 Å². The summed E-state index contributed by atoms with van der Waals surface area (Å²) in [5.41, 5.74) is 0. The fourth-order valence-electron chi connectivity index (χ4n) is 1.28. The van der Waals surface area contributed by atoms with Crippen LogP contribution in [0, 0.1) is 0 Å². The minimum Gasteiger partial charge on any atom is -0.491 e. The predicted octanol–water partition coefficient (Wildman–Crippen LogP) is -0.0840. The van der Waals surface area contributed by atoms with Gasteiger partial charge in [0.2, 0.25) is 0 Å². The Labute approximate surface area is 102 Å². The molecule has 7 heteroatoms. The molecule has 0 aliphatic carbocycles. The van der Waals surface area contributed by atoms with Crippen LogP contribution in [0.3, 0.4) is 0 Å². The molecule has 0 aliphatic heterocycles. The maximum atomic E-state index is 10.9. The first-order valence-electron chi connectivity index (χ1n) is 5.55. The maximum Gasteiger partial charge on any atom is 0.157 e. The quantitative estimate of drug-likeness (QED) is 0.662. The van der Waals surface area contributed by atoms with Crippen LogP contribution in [0.4, 0.5) is 0 Å². The molecule has 0 aromatic carbocycles. The highest BCUT2D eigenvalue weighted by atomic mass is 32.2. The Morgan fingerprint density at radius 3 is 2.88 bits per heavy atom. The zero-order chi connectivity index (χ0) is 12.7. The summed E-state index contributed by atoms with van der Waals surface area (Å²) in [5.74, 6) is 0.916. The van der Waals surface area contributed by atoms with E-state index in [0.29, 0.717) is 26.2 Å². The summed E-state index contributed by atoms with van der Waals surface area (Å²) in [7, 11) is -2.88. The lowest BCUT2D eigenvalue weighted by atomic mass is 10.6. The second kappa shape index (κ2) is 6.61. The van der Waals surface area contributed by atoms with Gasteiger partial charge < -0.3 is 10.1 Å². The van der Waals surface area contributed by atoms with Crippen LogP contribution in [-0.4, -0.2) is 49.9 Å². The molecule has 0 radical (unpaired) electrons. The van der Waals surface area contributed by atoms with Crippen LogP contribution in [0.1, 0.15) is 6.92 Å². The van der Waals surface area contributed by atoms with Crippen LogP contribution < -0.4 is 10.1 Å². The molecule has 0 unspecified atom stereocenters. The minimum atomic E-state index is -2.88. The van der Waals surface area contributed by atoms with E-state index in [4.69, 9.17) is 4.74 Å². The van der Waals surface area contributed by atoms with E-state index >= 15 is 0 Å². The van der Waals surface area contributed by atoms with Crippen molar-refractivity contribution < 1.29 is 13.2 Å². The highest BCUT2D eigenvalue weighted by Crippen LogP contribution is 2.06. The number of hydrogen-bond donors (Lipinski definition) is 1. The van der Waals surface area contributed by atoms with E-state index in [9.17, 15) is 8.42 Å². The fourth-order valence-corrected chi connectivity index (χ4v) is 1.80. The first-order valence-corrected chi connectivity index (χ1v) is 7.61. The molecule has 0 saturated heterocycles. The standard InChI is InChI=1S/C10H19N3O3S/c1-3-16-10-8-12-13(9-10)6-4-11-5-7-17(2,14)15/h8-9,11H,3-7H2,1-2H3. The van der Waals surface area contributed by atoms with Crippen LogP contribution in [0.25, 0.3) is 0 Å². The second-order valence-electron chi connectivity index (χ2n) is 3.75. The van der Waals surface area contributed by atoms with Crippen LogP contribution in [0.5, 0.6) is 5.75 Å². The smallest absolute Gasteiger partial charge is 0.157 e. The normalized spacial score (nSPS) is 11.6. The average molecular weight is 261 g/mol. The van der Waals surface area contributed by atoms with E-state index < -0.39 is 9.84 Å². The topological polar surface area (TPSA) is 73.2 Å². The molecule has 0 spiro atoms. The van der Waals surface area contributed by atoms with E-state index in [-0.39, 0.29) is 5.75 Å². The van der Waals surface area contributed by atoms with Gasteiger partial charge in [0.25, 0.3) is 0 Å². The van der Waals surface area contributed by atoms with Crippen LogP contribution in [-0.2, 0) is 16.4 Å². The molecule has 1 aromatic heterocycles. The average Bonchev–Trinajstić information content (AvgIpc) is 2.64. The van der Waals surface area contributed by atoms with E-state index in [1.807, 2.05) is 13.1 Å². The molecule has 1 heterocycles. The van der Waals surface area contributed by atoms with Gasteiger partial charge in [-0.15, -0.1) is 0 Å². The summed E-state index contributed by atoms with van der Waals surface area (Å²) in [4.78, 5) is 0. The molecule has 0 amide bonds. The Morgan fingerprint density at radius 1 is 1.47 bits per heavy atom. The maximum absolute atomic E-state index is 10.9. The molecule has 1 N–H and O–H groups in total. The Morgan fingerprint density at radius 2 is 2.24 bits per heavy atom. The lowest BCUT2D eigenvalue weighted by Crippen LogP contribution is -2.25. The third kappa shape index (κ3) is 6.28. The molecule has 0 saturated carbocycles. The van der Waals surface area contributed by atoms with Crippen molar-refractivity contribution in [3.05, 3.63) is 12.4 Å². The largest absolute Gasteiger partial charge is 0.491 e. The summed E-state index contributed by atoms with van der Waals surface area (Å²) in [5, 5.41) is 7.17. The summed E-state index contributed by atoms with van der Waals surface area (Å²) >= 11 is 0. The number of ether oxygens (including phenoxy) is 1. The first kappa shape index (κ1) is 14.0. The van der Waals surface area contributed by atoms with Crippen molar-refractivity contribution in [1.82, 2.24) is 15.1 Å². The Hall–Kier alpha value is -1.08.